The van der Waals surface area contributed by atoms with Crippen LogP contribution in [0.5, 0.6) is 5.75 Å². The standard InChI is InChI=1S/C28H38NO5S/c30-20-21-8-10-24(11-9-21)33-17-4-14-29-15-12-22(13-16-29)25(19-29)34-27(31)28(32,23-5-1-2-6-23)26-7-3-18-35-26/h3,7-11,18,22-23,25,30,32H,1-2,4-6,12-17,19-20H2/q+1/t22?,25?,28-,29?/m1/s1. The summed E-state index contributed by atoms with van der Waals surface area (Å²) in [5, 5.41) is 22.8. The maximum atomic E-state index is 13.6. The summed E-state index contributed by atoms with van der Waals surface area (Å²) < 4.78 is 13.1. The molecule has 2 aromatic rings. The van der Waals surface area contributed by atoms with Gasteiger partial charge in [0.1, 0.15) is 12.3 Å². The second-order valence-electron chi connectivity index (χ2n) is 10.7. The molecule has 35 heavy (non-hydrogen) atoms. The molecule has 6 rings (SSSR count). The summed E-state index contributed by atoms with van der Waals surface area (Å²) in [4.78, 5) is 14.3. The van der Waals surface area contributed by atoms with Gasteiger partial charge in [-0.25, -0.2) is 4.79 Å². The van der Waals surface area contributed by atoms with Crippen molar-refractivity contribution in [2.45, 2.75) is 63.3 Å². The zero-order valence-corrected chi connectivity index (χ0v) is 21.3. The van der Waals surface area contributed by atoms with Gasteiger partial charge < -0.3 is 24.2 Å². The van der Waals surface area contributed by atoms with Crippen molar-refractivity contribution >= 4 is 17.3 Å². The lowest BCUT2D eigenvalue weighted by Crippen LogP contribution is -2.65. The molecule has 2 N–H and O–H groups in total. The molecule has 3 saturated heterocycles. The number of rotatable bonds is 10. The number of aliphatic hydroxyl groups is 2. The summed E-state index contributed by atoms with van der Waals surface area (Å²) in [7, 11) is 0. The summed E-state index contributed by atoms with van der Waals surface area (Å²) in [6.07, 6.45) is 6.83. The number of hydrogen-bond donors (Lipinski definition) is 2. The van der Waals surface area contributed by atoms with Gasteiger partial charge in [0.25, 0.3) is 0 Å². The van der Waals surface area contributed by atoms with Crippen molar-refractivity contribution in [3.05, 3.63) is 52.2 Å². The molecule has 4 aliphatic rings. The molecule has 2 bridgehead atoms. The van der Waals surface area contributed by atoms with Crippen molar-refractivity contribution in [2.24, 2.45) is 11.8 Å². The van der Waals surface area contributed by atoms with E-state index in [2.05, 4.69) is 0 Å². The Labute approximate surface area is 212 Å². The van der Waals surface area contributed by atoms with Crippen LogP contribution in [-0.2, 0) is 21.7 Å². The number of ether oxygens (including phenoxy) is 2. The number of piperidine rings is 3. The minimum absolute atomic E-state index is 0.0401. The maximum Gasteiger partial charge on any atom is 0.344 e. The van der Waals surface area contributed by atoms with E-state index in [9.17, 15) is 15.0 Å². The summed E-state index contributed by atoms with van der Waals surface area (Å²) in [6, 6.07) is 11.4. The molecule has 4 heterocycles. The predicted octanol–water partition coefficient (Wildman–Crippen LogP) is 4.24. The van der Waals surface area contributed by atoms with Gasteiger partial charge in [0.05, 0.1) is 32.8 Å². The SMILES string of the molecule is O=C(OC1C[N+]2(CCCOc3ccc(CO)cc3)CCC1CC2)[C@](O)(c1cccs1)C1CCCC1. The van der Waals surface area contributed by atoms with Gasteiger partial charge in [-0.15, -0.1) is 11.3 Å². The molecule has 3 aliphatic heterocycles. The fourth-order valence-corrected chi connectivity index (χ4v) is 7.38. The van der Waals surface area contributed by atoms with E-state index in [1.807, 2.05) is 41.8 Å². The summed E-state index contributed by atoms with van der Waals surface area (Å²) >= 11 is 1.45. The van der Waals surface area contributed by atoms with Crippen LogP contribution >= 0.6 is 11.3 Å². The van der Waals surface area contributed by atoms with E-state index >= 15 is 0 Å². The zero-order chi connectivity index (χ0) is 24.3. The summed E-state index contributed by atoms with van der Waals surface area (Å²) in [6.45, 7) is 4.79. The van der Waals surface area contributed by atoms with Gasteiger partial charge in [0.15, 0.2) is 11.7 Å². The number of aliphatic hydroxyl groups excluding tert-OH is 1. The molecule has 0 radical (unpaired) electrons. The highest BCUT2D eigenvalue weighted by Crippen LogP contribution is 2.44. The molecule has 2 atom stereocenters. The normalized spacial score (nSPS) is 28.1. The smallest absolute Gasteiger partial charge is 0.344 e. The lowest BCUT2D eigenvalue weighted by Gasteiger charge is -2.52. The number of esters is 1. The van der Waals surface area contributed by atoms with Crippen molar-refractivity contribution in [2.75, 3.05) is 32.8 Å². The number of thiophene rings is 1. The van der Waals surface area contributed by atoms with Gasteiger partial charge in [0.2, 0.25) is 0 Å². The second kappa shape index (κ2) is 10.6. The fourth-order valence-electron chi connectivity index (χ4n) is 6.48. The monoisotopic (exact) mass is 500 g/mol. The third kappa shape index (κ3) is 5.15. The number of carbonyl (C=O) groups excluding carboxylic acids is 1. The van der Waals surface area contributed by atoms with Crippen LogP contribution in [0.3, 0.4) is 0 Å². The van der Waals surface area contributed by atoms with Crippen molar-refractivity contribution in [1.29, 1.82) is 0 Å². The highest BCUT2D eigenvalue weighted by molar-refractivity contribution is 7.10. The number of fused-ring (bicyclic) bond motifs is 3. The second-order valence-corrected chi connectivity index (χ2v) is 11.7. The van der Waals surface area contributed by atoms with Crippen LogP contribution in [0, 0.1) is 11.8 Å². The quantitative estimate of drug-likeness (QED) is 0.290. The number of carbonyl (C=O) groups is 1. The number of quaternary nitrogens is 1. The molecule has 1 aliphatic carbocycles. The molecule has 1 aromatic carbocycles. The fraction of sp³-hybridized carbons (Fsp3) is 0.607. The first-order valence-corrected chi connectivity index (χ1v) is 14.1. The molecule has 190 valence electrons. The van der Waals surface area contributed by atoms with Gasteiger partial charge in [0, 0.05) is 36.0 Å². The van der Waals surface area contributed by atoms with E-state index in [1.165, 1.54) is 11.3 Å². The molecule has 1 aromatic heterocycles. The minimum atomic E-state index is -1.51. The van der Waals surface area contributed by atoms with Gasteiger partial charge >= 0.3 is 5.97 Å². The average Bonchev–Trinajstić information content (AvgIpc) is 3.63. The molecule has 0 amide bonds. The van der Waals surface area contributed by atoms with Gasteiger partial charge in [-0.2, -0.15) is 0 Å². The summed E-state index contributed by atoms with van der Waals surface area (Å²) in [5.74, 6) is 0.738. The number of hydrogen-bond acceptors (Lipinski definition) is 6. The van der Waals surface area contributed by atoms with Gasteiger partial charge in [-0.05, 0) is 42.0 Å². The highest BCUT2D eigenvalue weighted by Gasteiger charge is 2.53. The van der Waals surface area contributed by atoms with Gasteiger partial charge in [-0.1, -0.05) is 31.0 Å². The van der Waals surface area contributed by atoms with Crippen LogP contribution in [-0.4, -0.2) is 59.6 Å². The van der Waals surface area contributed by atoms with E-state index in [1.54, 1.807) is 0 Å². The van der Waals surface area contributed by atoms with Crippen molar-refractivity contribution in [3.63, 3.8) is 0 Å². The first kappa shape index (κ1) is 24.8. The molecule has 1 saturated carbocycles. The van der Waals surface area contributed by atoms with Crippen LogP contribution in [0.2, 0.25) is 0 Å². The lowest BCUT2D eigenvalue weighted by molar-refractivity contribution is -0.946. The van der Waals surface area contributed by atoms with E-state index in [0.29, 0.717) is 12.5 Å². The predicted molar refractivity (Wildman–Crippen MR) is 135 cm³/mol. The van der Waals surface area contributed by atoms with Crippen LogP contribution < -0.4 is 4.74 Å². The molecule has 1 unspecified atom stereocenters. The zero-order valence-electron chi connectivity index (χ0n) is 20.4. The van der Waals surface area contributed by atoms with E-state index in [-0.39, 0.29) is 18.6 Å². The van der Waals surface area contributed by atoms with Crippen LogP contribution in [0.25, 0.3) is 0 Å². The highest BCUT2D eigenvalue weighted by atomic mass is 32.1. The topological polar surface area (TPSA) is 76.0 Å². The number of benzene rings is 1. The van der Waals surface area contributed by atoms with E-state index in [4.69, 9.17) is 9.47 Å². The Kier molecular flexibility index (Phi) is 7.49. The maximum absolute atomic E-state index is 13.6. The molecule has 7 heteroatoms. The van der Waals surface area contributed by atoms with Crippen LogP contribution in [0.4, 0.5) is 0 Å². The first-order valence-electron chi connectivity index (χ1n) is 13.2. The Bertz CT molecular complexity index is 964. The molecule has 6 nitrogen and oxygen atoms in total. The van der Waals surface area contributed by atoms with Crippen LogP contribution in [0.15, 0.2) is 41.8 Å². The first-order chi connectivity index (χ1) is 17.0. The van der Waals surface area contributed by atoms with E-state index < -0.39 is 11.6 Å². The van der Waals surface area contributed by atoms with Gasteiger partial charge in [-0.3, -0.25) is 0 Å². The van der Waals surface area contributed by atoms with Crippen LogP contribution in [0.1, 0.15) is 55.4 Å². The summed E-state index contributed by atoms with van der Waals surface area (Å²) in [5.41, 5.74) is -0.632. The Morgan fingerprint density at radius 2 is 1.83 bits per heavy atom. The van der Waals surface area contributed by atoms with Crippen molar-refractivity contribution < 1.29 is 29.0 Å². The Balaban J connectivity index is 1.19. The largest absolute Gasteiger partial charge is 0.493 e. The lowest BCUT2D eigenvalue weighted by atomic mass is 9.82. The van der Waals surface area contributed by atoms with Crippen molar-refractivity contribution in [1.82, 2.24) is 0 Å². The Hall–Kier alpha value is -1.93. The molecule has 4 fully saturated rings. The Morgan fingerprint density at radius 3 is 2.49 bits per heavy atom. The third-order valence-corrected chi connectivity index (χ3v) is 9.60. The molecule has 0 spiro atoms. The van der Waals surface area contributed by atoms with E-state index in [0.717, 1.165) is 91.8 Å². The molecular weight excluding hydrogens is 462 g/mol. The average molecular weight is 501 g/mol. The third-order valence-electron chi connectivity index (χ3n) is 8.61. The number of nitrogens with zero attached hydrogens (tertiary/aromatic N) is 1. The minimum Gasteiger partial charge on any atom is -0.493 e. The van der Waals surface area contributed by atoms with Crippen molar-refractivity contribution in [3.8, 4) is 5.75 Å². The molecular formula is C28H38NO5S+. The Morgan fingerprint density at radius 1 is 1.09 bits per heavy atom.